The minimum Gasteiger partial charge on any atom is -0.352 e. The highest BCUT2D eigenvalue weighted by molar-refractivity contribution is 5.94. The summed E-state index contributed by atoms with van der Waals surface area (Å²) < 4.78 is 0. The molecule has 0 aliphatic rings. The molecule has 0 fully saturated rings. The second kappa shape index (κ2) is 7.43. The lowest BCUT2D eigenvalue weighted by Gasteiger charge is -2.07. The van der Waals surface area contributed by atoms with Crippen LogP contribution in [0.25, 0.3) is 0 Å². The van der Waals surface area contributed by atoms with Crippen LogP contribution in [0, 0.1) is 0 Å². The summed E-state index contributed by atoms with van der Waals surface area (Å²) in [5.74, 6) is 0.140. The van der Waals surface area contributed by atoms with Gasteiger partial charge in [0, 0.05) is 29.9 Å². The van der Waals surface area contributed by atoms with E-state index in [0.717, 1.165) is 5.69 Å². The van der Waals surface area contributed by atoms with Gasteiger partial charge in [-0.25, -0.2) is 0 Å². The number of aromatic nitrogens is 1. The van der Waals surface area contributed by atoms with Crippen molar-refractivity contribution in [2.24, 2.45) is 0 Å². The fourth-order valence-corrected chi connectivity index (χ4v) is 1.54. The third kappa shape index (κ3) is 4.17. The molecule has 0 spiro atoms. The van der Waals surface area contributed by atoms with Crippen LogP contribution in [0.15, 0.2) is 42.6 Å². The molecule has 0 saturated carbocycles. The van der Waals surface area contributed by atoms with E-state index < -0.39 is 0 Å². The molecule has 1 atom stereocenters. The van der Waals surface area contributed by atoms with E-state index in [1.165, 1.54) is 0 Å². The maximum absolute atomic E-state index is 11.7. The van der Waals surface area contributed by atoms with Gasteiger partial charge in [-0.05, 0) is 26.0 Å². The molecule has 3 heteroatoms. The van der Waals surface area contributed by atoms with Crippen LogP contribution in [0.1, 0.15) is 42.7 Å². The fourth-order valence-electron chi connectivity index (χ4n) is 1.54. The minimum absolute atomic E-state index is 0.0502. The van der Waals surface area contributed by atoms with Crippen molar-refractivity contribution in [3.8, 4) is 0 Å². The summed E-state index contributed by atoms with van der Waals surface area (Å²) in [6.07, 6.45) is 9.68. The molecule has 1 heterocycles. The predicted molar refractivity (Wildman–Crippen MR) is 74.6 cm³/mol. The first-order valence-corrected chi connectivity index (χ1v) is 6.22. The topological polar surface area (TPSA) is 42.0 Å². The maximum atomic E-state index is 11.7. The van der Waals surface area contributed by atoms with Gasteiger partial charge in [0.2, 0.25) is 0 Å². The van der Waals surface area contributed by atoms with E-state index in [2.05, 4.69) is 23.3 Å². The summed E-state index contributed by atoms with van der Waals surface area (Å²) in [6.45, 7) is 6.57. The van der Waals surface area contributed by atoms with Crippen LogP contribution >= 0.6 is 0 Å². The van der Waals surface area contributed by atoms with Crippen LogP contribution < -0.4 is 5.32 Å². The summed E-state index contributed by atoms with van der Waals surface area (Å²) in [7, 11) is 0. The quantitative estimate of drug-likeness (QED) is 0.809. The number of nitrogens with zero attached hydrogens (tertiary/aromatic N) is 1. The van der Waals surface area contributed by atoms with Crippen molar-refractivity contribution in [2.45, 2.75) is 26.7 Å². The lowest BCUT2D eigenvalue weighted by molar-refractivity contribution is 0.0955. The molecule has 1 aromatic heterocycles. The Bertz CT molecular complexity index is 450. The molecule has 0 aliphatic carbocycles. The molecule has 1 unspecified atom stereocenters. The Morgan fingerprint density at radius 1 is 1.50 bits per heavy atom. The first-order valence-electron chi connectivity index (χ1n) is 6.22. The van der Waals surface area contributed by atoms with Crippen LogP contribution in [-0.2, 0) is 0 Å². The van der Waals surface area contributed by atoms with Crippen molar-refractivity contribution < 1.29 is 4.79 Å². The zero-order valence-electron chi connectivity index (χ0n) is 11.2. The Kier molecular flexibility index (Phi) is 5.85. The van der Waals surface area contributed by atoms with Crippen LogP contribution in [0.5, 0.6) is 0 Å². The summed E-state index contributed by atoms with van der Waals surface area (Å²) >= 11 is 0. The van der Waals surface area contributed by atoms with Gasteiger partial charge in [-0.1, -0.05) is 31.2 Å². The van der Waals surface area contributed by atoms with Crippen LogP contribution in [0.2, 0.25) is 0 Å². The average Bonchev–Trinajstić information content (AvgIpc) is 2.39. The molecular weight excluding hydrogens is 224 g/mol. The molecular formula is C15H20N2O. The lowest BCUT2D eigenvalue weighted by atomic mass is 10.0. The molecule has 3 nitrogen and oxygen atoms in total. The number of hydrogen-bond donors (Lipinski definition) is 1. The van der Waals surface area contributed by atoms with Gasteiger partial charge >= 0.3 is 0 Å². The van der Waals surface area contributed by atoms with Gasteiger partial charge in [0.1, 0.15) is 0 Å². The van der Waals surface area contributed by atoms with E-state index in [4.69, 9.17) is 0 Å². The summed E-state index contributed by atoms with van der Waals surface area (Å²) in [5, 5.41) is 2.78. The van der Waals surface area contributed by atoms with Crippen molar-refractivity contribution in [1.29, 1.82) is 0 Å². The Morgan fingerprint density at radius 2 is 2.28 bits per heavy atom. The number of pyridine rings is 1. The van der Waals surface area contributed by atoms with Gasteiger partial charge in [0.05, 0.1) is 0 Å². The molecule has 18 heavy (non-hydrogen) atoms. The summed E-state index contributed by atoms with van der Waals surface area (Å²) in [5.41, 5.74) is 1.56. The second-order valence-electron chi connectivity index (χ2n) is 4.03. The molecule has 0 aromatic carbocycles. The van der Waals surface area contributed by atoms with Gasteiger partial charge < -0.3 is 5.32 Å². The van der Waals surface area contributed by atoms with Crippen LogP contribution in [0.4, 0.5) is 0 Å². The third-order valence-electron chi connectivity index (χ3n) is 2.55. The van der Waals surface area contributed by atoms with Gasteiger partial charge in [-0.15, -0.1) is 0 Å². The van der Waals surface area contributed by atoms with E-state index in [1.807, 2.05) is 38.1 Å². The fraction of sp³-hybridized carbons (Fsp3) is 0.333. The number of hydrogen-bond acceptors (Lipinski definition) is 2. The van der Waals surface area contributed by atoms with E-state index in [0.29, 0.717) is 12.1 Å². The molecule has 1 rings (SSSR count). The Hall–Kier alpha value is -1.90. The van der Waals surface area contributed by atoms with Crippen LogP contribution in [0.3, 0.4) is 0 Å². The lowest BCUT2D eigenvalue weighted by Crippen LogP contribution is -2.22. The molecule has 0 aliphatic heterocycles. The molecule has 96 valence electrons. The first kappa shape index (κ1) is 14.2. The number of amides is 1. The smallest absolute Gasteiger partial charge is 0.251 e. The van der Waals surface area contributed by atoms with Crippen molar-refractivity contribution in [3.05, 3.63) is 53.9 Å². The highest BCUT2D eigenvalue weighted by atomic mass is 16.1. The SMILES string of the molecule is C/C=C\C=C/C(C)c1cc(C(=O)NCC)ccn1. The van der Waals surface area contributed by atoms with Gasteiger partial charge in [0.15, 0.2) is 0 Å². The molecule has 0 bridgehead atoms. The van der Waals surface area contributed by atoms with Crippen molar-refractivity contribution >= 4 is 5.91 Å². The van der Waals surface area contributed by atoms with Crippen molar-refractivity contribution in [2.75, 3.05) is 6.54 Å². The average molecular weight is 244 g/mol. The maximum Gasteiger partial charge on any atom is 0.251 e. The van der Waals surface area contributed by atoms with Gasteiger partial charge in [0.25, 0.3) is 5.91 Å². The van der Waals surface area contributed by atoms with Crippen molar-refractivity contribution in [3.63, 3.8) is 0 Å². The summed E-state index contributed by atoms with van der Waals surface area (Å²) in [6, 6.07) is 3.58. The molecule has 1 aromatic rings. The van der Waals surface area contributed by atoms with E-state index in [1.54, 1.807) is 12.3 Å². The zero-order chi connectivity index (χ0) is 13.4. The minimum atomic E-state index is -0.0502. The normalized spacial score (nSPS) is 13.1. The number of rotatable bonds is 5. The predicted octanol–water partition coefficient (Wildman–Crippen LogP) is 3.07. The standard InChI is InChI=1S/C15H20N2O/c1-4-6-7-8-12(3)14-11-13(9-10-17-14)15(18)16-5-2/h4,6-12H,5H2,1-3H3,(H,16,18)/b6-4-,8-7-. The summed E-state index contributed by atoms with van der Waals surface area (Å²) in [4.78, 5) is 16.0. The molecule has 1 N–H and O–H groups in total. The monoisotopic (exact) mass is 244 g/mol. The largest absolute Gasteiger partial charge is 0.352 e. The Morgan fingerprint density at radius 3 is 2.94 bits per heavy atom. The highest BCUT2D eigenvalue weighted by Crippen LogP contribution is 2.15. The van der Waals surface area contributed by atoms with Crippen molar-refractivity contribution in [1.82, 2.24) is 10.3 Å². The number of carbonyl (C=O) groups is 1. The number of carbonyl (C=O) groups excluding carboxylic acids is 1. The number of nitrogens with one attached hydrogen (secondary N) is 1. The number of allylic oxidation sites excluding steroid dienone is 4. The van der Waals surface area contributed by atoms with E-state index in [-0.39, 0.29) is 11.8 Å². The first-order chi connectivity index (χ1) is 8.69. The van der Waals surface area contributed by atoms with E-state index in [9.17, 15) is 4.79 Å². The Labute approximate surface area is 109 Å². The van der Waals surface area contributed by atoms with Gasteiger partial charge in [-0.3, -0.25) is 9.78 Å². The molecule has 1 amide bonds. The highest BCUT2D eigenvalue weighted by Gasteiger charge is 2.08. The van der Waals surface area contributed by atoms with Crippen LogP contribution in [-0.4, -0.2) is 17.4 Å². The van der Waals surface area contributed by atoms with E-state index >= 15 is 0 Å². The zero-order valence-corrected chi connectivity index (χ0v) is 11.2. The Balaban J connectivity index is 2.84. The molecule has 0 saturated heterocycles. The third-order valence-corrected chi connectivity index (χ3v) is 2.55. The second-order valence-corrected chi connectivity index (χ2v) is 4.03. The van der Waals surface area contributed by atoms with Gasteiger partial charge in [-0.2, -0.15) is 0 Å². The molecule has 0 radical (unpaired) electrons.